The average Bonchev–Trinajstić information content (AvgIpc) is 2.61. The van der Waals surface area contributed by atoms with Crippen molar-refractivity contribution in [1.29, 1.82) is 0 Å². The third-order valence-corrected chi connectivity index (χ3v) is 4.14. The van der Waals surface area contributed by atoms with Gasteiger partial charge in [-0.15, -0.1) is 0 Å². The molecule has 2 aromatic rings. The molecule has 0 saturated heterocycles. The van der Waals surface area contributed by atoms with Crippen molar-refractivity contribution in [1.82, 2.24) is 0 Å². The summed E-state index contributed by atoms with van der Waals surface area (Å²) in [6, 6.07) is 9.95. The maximum absolute atomic E-state index is 12.9. The van der Waals surface area contributed by atoms with Gasteiger partial charge < -0.3 is 10.1 Å². The molecule has 1 aliphatic rings. The number of fused-ring (bicyclic) bond motifs is 1. The van der Waals surface area contributed by atoms with Gasteiger partial charge in [-0.25, -0.2) is 0 Å². The summed E-state index contributed by atoms with van der Waals surface area (Å²) in [5.41, 5.74) is 0.271. The molecule has 2 aromatic carbocycles. The van der Waals surface area contributed by atoms with Crippen LogP contribution in [0.2, 0.25) is 0 Å². The molecular weight excluding hydrogens is 361 g/mol. The quantitative estimate of drug-likeness (QED) is 0.885. The molecule has 1 unspecified atom stereocenters. The number of hydrogen-bond acceptors (Lipinski definition) is 3. The van der Waals surface area contributed by atoms with Crippen LogP contribution in [0.3, 0.4) is 0 Å². The molecule has 0 aliphatic carbocycles. The molecule has 2 amide bonds. The number of amides is 2. The fourth-order valence-corrected chi connectivity index (χ4v) is 2.75. The van der Waals surface area contributed by atoms with Crippen LogP contribution in [0.25, 0.3) is 0 Å². The van der Waals surface area contributed by atoms with Crippen LogP contribution < -0.4 is 15.0 Å². The van der Waals surface area contributed by atoms with Gasteiger partial charge in [-0.3, -0.25) is 14.5 Å². The van der Waals surface area contributed by atoms with Crippen LogP contribution in [-0.4, -0.2) is 24.5 Å². The molecule has 0 fully saturated rings. The van der Waals surface area contributed by atoms with Crippen LogP contribution in [0.15, 0.2) is 42.5 Å². The molecule has 1 aliphatic heterocycles. The molecule has 27 heavy (non-hydrogen) atoms. The van der Waals surface area contributed by atoms with E-state index in [9.17, 15) is 22.8 Å². The smallest absolute Gasteiger partial charge is 0.416 e. The van der Waals surface area contributed by atoms with Crippen LogP contribution in [0.4, 0.5) is 24.5 Å². The molecule has 3 rings (SSSR count). The molecule has 0 saturated carbocycles. The van der Waals surface area contributed by atoms with Crippen molar-refractivity contribution in [2.75, 3.05) is 16.8 Å². The molecule has 0 bridgehead atoms. The second-order valence-corrected chi connectivity index (χ2v) is 6.28. The minimum Gasteiger partial charge on any atom is -0.481 e. The van der Waals surface area contributed by atoms with Gasteiger partial charge >= 0.3 is 6.18 Å². The second-order valence-electron chi connectivity index (χ2n) is 6.28. The van der Waals surface area contributed by atoms with E-state index in [1.165, 1.54) is 13.0 Å². The maximum Gasteiger partial charge on any atom is 0.416 e. The minimum atomic E-state index is -4.55. The lowest BCUT2D eigenvalue weighted by atomic mass is 10.1. The summed E-state index contributed by atoms with van der Waals surface area (Å²) in [5.74, 6) is -0.611. The van der Waals surface area contributed by atoms with E-state index >= 15 is 0 Å². The summed E-state index contributed by atoms with van der Waals surface area (Å²) in [5, 5.41) is 2.38. The highest BCUT2D eigenvalue weighted by molar-refractivity contribution is 6.11. The van der Waals surface area contributed by atoms with Crippen molar-refractivity contribution in [2.45, 2.75) is 26.1 Å². The van der Waals surface area contributed by atoms with Crippen molar-refractivity contribution in [3.05, 3.63) is 53.6 Å². The van der Waals surface area contributed by atoms with Crippen LogP contribution in [0, 0.1) is 6.92 Å². The number of halogens is 3. The molecule has 0 spiro atoms. The van der Waals surface area contributed by atoms with Gasteiger partial charge in [0.25, 0.3) is 5.91 Å². The van der Waals surface area contributed by atoms with Gasteiger partial charge in [0.1, 0.15) is 12.3 Å². The number of aryl methyl sites for hydroxylation is 1. The maximum atomic E-state index is 12.9. The van der Waals surface area contributed by atoms with Crippen LogP contribution in [0.1, 0.15) is 18.1 Å². The summed E-state index contributed by atoms with van der Waals surface area (Å²) >= 11 is 0. The first-order valence-corrected chi connectivity index (χ1v) is 8.21. The Hall–Kier alpha value is -3.03. The first-order valence-electron chi connectivity index (χ1n) is 8.21. The summed E-state index contributed by atoms with van der Waals surface area (Å²) in [6.07, 6.45) is -5.47. The third-order valence-electron chi connectivity index (χ3n) is 4.14. The summed E-state index contributed by atoms with van der Waals surface area (Å²) in [4.78, 5) is 25.8. The van der Waals surface area contributed by atoms with Gasteiger partial charge in [0.2, 0.25) is 5.91 Å². The Bertz CT molecular complexity index is 879. The predicted molar refractivity (Wildman–Crippen MR) is 93.7 cm³/mol. The molecule has 8 heteroatoms. The lowest BCUT2D eigenvalue weighted by molar-refractivity contribution is -0.137. The average molecular weight is 378 g/mol. The molecule has 1 heterocycles. The van der Waals surface area contributed by atoms with E-state index in [1.54, 1.807) is 12.1 Å². The summed E-state index contributed by atoms with van der Waals surface area (Å²) < 4.78 is 44.3. The first-order chi connectivity index (χ1) is 12.6. The molecule has 0 radical (unpaired) electrons. The number of nitrogens with zero attached hydrogens (tertiary/aromatic N) is 1. The summed E-state index contributed by atoms with van der Waals surface area (Å²) in [6.45, 7) is 3.15. The van der Waals surface area contributed by atoms with E-state index in [-0.39, 0.29) is 17.9 Å². The molecule has 1 atom stereocenters. The minimum absolute atomic E-state index is 0.0584. The fourth-order valence-electron chi connectivity index (χ4n) is 2.75. The highest BCUT2D eigenvalue weighted by atomic mass is 19.4. The van der Waals surface area contributed by atoms with E-state index < -0.39 is 29.7 Å². The van der Waals surface area contributed by atoms with Gasteiger partial charge in [-0.05, 0) is 44.2 Å². The van der Waals surface area contributed by atoms with Gasteiger partial charge in [0.05, 0.1) is 16.9 Å². The zero-order valence-corrected chi connectivity index (χ0v) is 14.6. The van der Waals surface area contributed by atoms with Crippen LogP contribution in [0.5, 0.6) is 5.75 Å². The Kier molecular flexibility index (Phi) is 4.82. The molecule has 142 valence electrons. The number of carbonyl (C=O) groups excluding carboxylic acids is 2. The fraction of sp³-hybridized carbons (Fsp3) is 0.263. The lowest BCUT2D eigenvalue weighted by Gasteiger charge is -2.31. The number of hydrogen-bond donors (Lipinski definition) is 1. The molecular formula is C19H17F3N2O3. The first kappa shape index (κ1) is 18.8. The van der Waals surface area contributed by atoms with E-state index in [0.29, 0.717) is 5.75 Å². The standard InChI is InChI=1S/C19H17F3N2O3/c1-11-3-6-14(7-4-11)27-12(2)18(26)24-10-17(25)23-15-9-13(19(20,21)22)5-8-16(15)24/h3-9,12H,10H2,1-2H3,(H,23,25). The van der Waals surface area contributed by atoms with Crippen molar-refractivity contribution in [3.63, 3.8) is 0 Å². The van der Waals surface area contributed by atoms with Gasteiger partial charge in [0.15, 0.2) is 6.10 Å². The van der Waals surface area contributed by atoms with Crippen molar-refractivity contribution < 1.29 is 27.5 Å². The topological polar surface area (TPSA) is 58.6 Å². The second kappa shape index (κ2) is 6.94. The van der Waals surface area contributed by atoms with Gasteiger partial charge in [-0.2, -0.15) is 13.2 Å². The Morgan fingerprint density at radius 1 is 1.19 bits per heavy atom. The number of rotatable bonds is 3. The number of anilines is 2. The van der Waals surface area contributed by atoms with Crippen molar-refractivity contribution >= 4 is 23.2 Å². The zero-order valence-electron chi connectivity index (χ0n) is 14.6. The van der Waals surface area contributed by atoms with E-state index in [4.69, 9.17) is 4.74 Å². The van der Waals surface area contributed by atoms with Crippen LogP contribution >= 0.6 is 0 Å². The molecule has 5 nitrogen and oxygen atoms in total. The number of benzene rings is 2. The molecule has 1 N–H and O–H groups in total. The molecule has 0 aromatic heterocycles. The largest absolute Gasteiger partial charge is 0.481 e. The monoisotopic (exact) mass is 378 g/mol. The zero-order chi connectivity index (χ0) is 19.8. The van der Waals surface area contributed by atoms with Crippen molar-refractivity contribution in [2.24, 2.45) is 0 Å². The highest BCUT2D eigenvalue weighted by Gasteiger charge is 2.35. The Morgan fingerprint density at radius 3 is 2.48 bits per heavy atom. The van der Waals surface area contributed by atoms with Gasteiger partial charge in [-0.1, -0.05) is 17.7 Å². The summed E-state index contributed by atoms with van der Waals surface area (Å²) in [7, 11) is 0. The Labute approximate surface area is 153 Å². The van der Waals surface area contributed by atoms with Crippen LogP contribution in [-0.2, 0) is 15.8 Å². The normalized spacial score (nSPS) is 15.0. The number of nitrogens with one attached hydrogen (secondary N) is 1. The number of alkyl halides is 3. The number of ether oxygens (including phenoxy) is 1. The third kappa shape index (κ3) is 4.05. The van der Waals surface area contributed by atoms with Gasteiger partial charge in [0, 0.05) is 0 Å². The highest BCUT2D eigenvalue weighted by Crippen LogP contribution is 2.37. The predicted octanol–water partition coefficient (Wildman–Crippen LogP) is 3.77. The Morgan fingerprint density at radius 2 is 1.85 bits per heavy atom. The van der Waals surface area contributed by atoms with E-state index in [1.807, 2.05) is 19.1 Å². The SMILES string of the molecule is Cc1ccc(OC(C)C(=O)N2CC(=O)Nc3cc(C(F)(F)F)ccc32)cc1. The van der Waals surface area contributed by atoms with Crippen molar-refractivity contribution in [3.8, 4) is 5.75 Å². The lowest BCUT2D eigenvalue weighted by Crippen LogP contribution is -2.47. The van der Waals surface area contributed by atoms with E-state index in [2.05, 4.69) is 5.32 Å². The number of carbonyl (C=O) groups is 2. The Balaban J connectivity index is 1.85. The van der Waals surface area contributed by atoms with E-state index in [0.717, 1.165) is 22.6 Å².